The van der Waals surface area contributed by atoms with Gasteiger partial charge in [0.25, 0.3) is 0 Å². The number of aromatic carboxylic acids is 1. The van der Waals surface area contributed by atoms with Gasteiger partial charge in [-0.15, -0.1) is 0 Å². The summed E-state index contributed by atoms with van der Waals surface area (Å²) in [6.45, 7) is 5.52. The number of nitrogens with one attached hydrogen (secondary N) is 1. The second kappa shape index (κ2) is 5.59. The van der Waals surface area contributed by atoms with Gasteiger partial charge in [0.05, 0.1) is 22.3 Å². The Morgan fingerprint density at radius 1 is 1.37 bits per heavy atom. The van der Waals surface area contributed by atoms with Gasteiger partial charge < -0.3 is 16.2 Å². The average molecular weight is 285 g/mol. The Labute approximate surface area is 116 Å². The molecular formula is C13H17ClN2O3. The molecule has 0 bridgehead atoms. The van der Waals surface area contributed by atoms with Crippen molar-refractivity contribution in [1.82, 2.24) is 0 Å². The lowest BCUT2D eigenvalue weighted by Gasteiger charge is -2.26. The van der Waals surface area contributed by atoms with E-state index in [0.717, 1.165) is 0 Å². The van der Waals surface area contributed by atoms with Crippen LogP contribution in [-0.4, -0.2) is 23.0 Å². The van der Waals surface area contributed by atoms with Crippen LogP contribution in [0.15, 0.2) is 18.2 Å². The van der Waals surface area contributed by atoms with Crippen LogP contribution in [0.2, 0.25) is 5.02 Å². The number of carbonyl (C=O) groups is 2. The number of hydrogen-bond donors (Lipinski definition) is 3. The monoisotopic (exact) mass is 284 g/mol. The number of hydrogen-bond acceptors (Lipinski definition) is 3. The zero-order valence-corrected chi connectivity index (χ0v) is 11.8. The van der Waals surface area contributed by atoms with E-state index < -0.39 is 23.3 Å². The molecule has 0 aliphatic rings. The first-order valence-electron chi connectivity index (χ1n) is 5.72. The summed E-state index contributed by atoms with van der Waals surface area (Å²) in [7, 11) is 0. The summed E-state index contributed by atoms with van der Waals surface area (Å²) in [6, 6.07) is 3.36. The molecule has 0 saturated carbocycles. The van der Waals surface area contributed by atoms with Crippen LogP contribution < -0.4 is 11.1 Å². The van der Waals surface area contributed by atoms with Crippen LogP contribution in [0.25, 0.3) is 0 Å². The molecule has 19 heavy (non-hydrogen) atoms. The number of benzene rings is 1. The Balaban J connectivity index is 2.96. The van der Waals surface area contributed by atoms with E-state index in [9.17, 15) is 9.59 Å². The lowest BCUT2D eigenvalue weighted by Crippen LogP contribution is -2.45. The highest BCUT2D eigenvalue weighted by Gasteiger charge is 2.27. The normalized spacial score (nSPS) is 12.9. The molecule has 1 amide bonds. The molecule has 0 saturated heterocycles. The number of carbonyl (C=O) groups excluding carboxylic acids is 1. The van der Waals surface area contributed by atoms with Gasteiger partial charge in [-0.2, -0.15) is 0 Å². The Kier molecular flexibility index (Phi) is 4.55. The van der Waals surface area contributed by atoms with E-state index in [4.69, 9.17) is 22.4 Å². The third-order valence-electron chi connectivity index (χ3n) is 2.69. The molecule has 0 aromatic heterocycles. The van der Waals surface area contributed by atoms with Gasteiger partial charge in [-0.3, -0.25) is 4.79 Å². The van der Waals surface area contributed by atoms with Crippen LogP contribution in [-0.2, 0) is 4.79 Å². The van der Waals surface area contributed by atoms with Crippen molar-refractivity contribution in [3.05, 3.63) is 28.8 Å². The summed E-state index contributed by atoms with van der Waals surface area (Å²) < 4.78 is 0. The number of carboxylic acids is 1. The molecule has 0 fully saturated rings. The van der Waals surface area contributed by atoms with Crippen LogP contribution in [0.4, 0.5) is 5.69 Å². The molecular weight excluding hydrogens is 268 g/mol. The van der Waals surface area contributed by atoms with Crippen molar-refractivity contribution in [3.8, 4) is 0 Å². The highest BCUT2D eigenvalue weighted by atomic mass is 35.5. The highest BCUT2D eigenvalue weighted by molar-refractivity contribution is 6.33. The topological polar surface area (TPSA) is 92.4 Å². The molecule has 1 atom stereocenters. The summed E-state index contributed by atoms with van der Waals surface area (Å²) in [5.41, 5.74) is 5.70. The molecule has 1 aromatic rings. The molecule has 5 nitrogen and oxygen atoms in total. The van der Waals surface area contributed by atoms with Gasteiger partial charge in [-0.05, 0) is 23.6 Å². The first-order chi connectivity index (χ1) is 8.62. The van der Waals surface area contributed by atoms with Crippen molar-refractivity contribution in [3.63, 3.8) is 0 Å². The SMILES string of the molecule is CC(C)(C)[C@H](N)C(=O)Nc1cc(C(=O)O)ccc1Cl. The van der Waals surface area contributed by atoms with Crippen molar-refractivity contribution in [2.45, 2.75) is 26.8 Å². The van der Waals surface area contributed by atoms with E-state index in [2.05, 4.69) is 5.32 Å². The van der Waals surface area contributed by atoms with Crippen LogP contribution in [0.1, 0.15) is 31.1 Å². The summed E-state index contributed by atoms with van der Waals surface area (Å²) in [4.78, 5) is 22.8. The Morgan fingerprint density at radius 2 is 1.95 bits per heavy atom. The van der Waals surface area contributed by atoms with Gasteiger partial charge >= 0.3 is 5.97 Å². The minimum absolute atomic E-state index is 0.0454. The summed E-state index contributed by atoms with van der Waals surface area (Å²) in [5, 5.41) is 11.7. The molecule has 1 rings (SSSR count). The zero-order chi connectivity index (χ0) is 14.8. The minimum Gasteiger partial charge on any atom is -0.478 e. The Bertz CT molecular complexity index is 509. The summed E-state index contributed by atoms with van der Waals surface area (Å²) in [5.74, 6) is -1.50. The van der Waals surface area contributed by atoms with Crippen LogP contribution in [0, 0.1) is 5.41 Å². The molecule has 104 valence electrons. The van der Waals surface area contributed by atoms with E-state index in [-0.39, 0.29) is 16.3 Å². The molecule has 4 N–H and O–H groups in total. The van der Waals surface area contributed by atoms with Crippen LogP contribution >= 0.6 is 11.6 Å². The van der Waals surface area contributed by atoms with Gasteiger partial charge in [0.2, 0.25) is 5.91 Å². The molecule has 0 unspecified atom stereocenters. The zero-order valence-electron chi connectivity index (χ0n) is 11.0. The van der Waals surface area contributed by atoms with Crippen LogP contribution in [0.5, 0.6) is 0 Å². The first kappa shape index (κ1) is 15.5. The van der Waals surface area contributed by atoms with Gasteiger partial charge in [-0.25, -0.2) is 4.79 Å². The predicted molar refractivity (Wildman–Crippen MR) is 74.5 cm³/mol. The third kappa shape index (κ3) is 3.94. The molecule has 0 heterocycles. The lowest BCUT2D eigenvalue weighted by atomic mass is 9.87. The fourth-order valence-corrected chi connectivity index (χ4v) is 1.52. The fourth-order valence-electron chi connectivity index (χ4n) is 1.36. The van der Waals surface area contributed by atoms with E-state index in [1.165, 1.54) is 18.2 Å². The number of amides is 1. The standard InChI is InChI=1S/C13H17ClN2O3/c1-13(2,3)10(15)11(17)16-9-6-7(12(18)19)4-5-8(9)14/h4-6,10H,15H2,1-3H3,(H,16,17)(H,18,19)/t10-/m1/s1. The Hall–Kier alpha value is -1.59. The van der Waals surface area contributed by atoms with Gasteiger partial charge in [0.1, 0.15) is 0 Å². The van der Waals surface area contributed by atoms with Crippen molar-refractivity contribution < 1.29 is 14.7 Å². The van der Waals surface area contributed by atoms with E-state index in [0.29, 0.717) is 0 Å². The van der Waals surface area contributed by atoms with Crippen molar-refractivity contribution in [1.29, 1.82) is 0 Å². The minimum atomic E-state index is -1.09. The largest absolute Gasteiger partial charge is 0.478 e. The van der Waals surface area contributed by atoms with Gasteiger partial charge in [-0.1, -0.05) is 32.4 Å². The molecule has 0 spiro atoms. The first-order valence-corrected chi connectivity index (χ1v) is 6.10. The predicted octanol–water partition coefficient (Wildman–Crippen LogP) is 2.35. The third-order valence-corrected chi connectivity index (χ3v) is 3.02. The maximum absolute atomic E-state index is 12.0. The summed E-state index contributed by atoms with van der Waals surface area (Å²) in [6.07, 6.45) is 0. The second-order valence-corrected chi connectivity index (χ2v) is 5.74. The molecule has 6 heteroatoms. The number of halogens is 1. The highest BCUT2D eigenvalue weighted by Crippen LogP contribution is 2.25. The molecule has 0 radical (unpaired) electrons. The van der Waals surface area contributed by atoms with Crippen molar-refractivity contribution >= 4 is 29.2 Å². The number of nitrogens with two attached hydrogens (primary N) is 1. The van der Waals surface area contributed by atoms with E-state index in [1.807, 2.05) is 20.8 Å². The lowest BCUT2D eigenvalue weighted by molar-refractivity contribution is -0.119. The maximum Gasteiger partial charge on any atom is 0.335 e. The smallest absolute Gasteiger partial charge is 0.335 e. The van der Waals surface area contributed by atoms with Crippen LogP contribution in [0.3, 0.4) is 0 Å². The fraction of sp³-hybridized carbons (Fsp3) is 0.385. The van der Waals surface area contributed by atoms with E-state index in [1.54, 1.807) is 0 Å². The second-order valence-electron chi connectivity index (χ2n) is 5.33. The number of anilines is 1. The number of rotatable bonds is 3. The maximum atomic E-state index is 12.0. The molecule has 0 aliphatic heterocycles. The molecule has 1 aromatic carbocycles. The van der Waals surface area contributed by atoms with Gasteiger partial charge in [0.15, 0.2) is 0 Å². The van der Waals surface area contributed by atoms with Crippen molar-refractivity contribution in [2.75, 3.05) is 5.32 Å². The number of carboxylic acid groups (broad SMARTS) is 1. The van der Waals surface area contributed by atoms with E-state index >= 15 is 0 Å². The average Bonchev–Trinajstić information content (AvgIpc) is 2.29. The Morgan fingerprint density at radius 3 is 2.42 bits per heavy atom. The molecule has 0 aliphatic carbocycles. The van der Waals surface area contributed by atoms with Gasteiger partial charge in [0, 0.05) is 0 Å². The summed E-state index contributed by atoms with van der Waals surface area (Å²) >= 11 is 5.92. The quantitative estimate of drug-likeness (QED) is 0.794. The van der Waals surface area contributed by atoms with Crippen molar-refractivity contribution in [2.24, 2.45) is 11.1 Å².